The van der Waals surface area contributed by atoms with Gasteiger partial charge in [-0.15, -0.1) is 6.58 Å². The number of ether oxygens (including phenoxy) is 1. The number of nitrogens with zero attached hydrogens (tertiary/aromatic N) is 1. The summed E-state index contributed by atoms with van der Waals surface area (Å²) in [4.78, 5) is 0. The first kappa shape index (κ1) is 15.8. The van der Waals surface area contributed by atoms with E-state index in [1.54, 1.807) is 0 Å². The lowest BCUT2D eigenvalue weighted by Crippen LogP contribution is -2.14. The van der Waals surface area contributed by atoms with Crippen molar-refractivity contribution in [2.24, 2.45) is 5.92 Å². The predicted octanol–water partition coefficient (Wildman–Crippen LogP) is 4.81. The zero-order valence-corrected chi connectivity index (χ0v) is 12.8. The van der Waals surface area contributed by atoms with Gasteiger partial charge in [0.2, 0.25) is 0 Å². The number of nitriles is 1. The first-order valence-electron chi connectivity index (χ1n) is 8.02. The third-order valence-electron chi connectivity index (χ3n) is 4.49. The fourth-order valence-electron chi connectivity index (χ4n) is 3.26. The topological polar surface area (TPSA) is 33.0 Å². The van der Waals surface area contributed by atoms with Crippen LogP contribution in [0.2, 0.25) is 0 Å². The second kappa shape index (κ2) is 8.64. The first-order valence-corrected chi connectivity index (χ1v) is 8.02. The molecule has 0 spiro atoms. The Balaban J connectivity index is 1.70. The van der Waals surface area contributed by atoms with Crippen LogP contribution in [-0.4, -0.2) is 13.2 Å². The standard InChI is InChI=1S/C19H25NO/c1-2-13-21-14-3-4-16-5-9-18(10-6-16)19-11-7-17(15-20)8-12-19/h2,7-8,11-12,16,18H,1,3-6,9-10,13-14H2. The van der Waals surface area contributed by atoms with Crippen LogP contribution < -0.4 is 0 Å². The van der Waals surface area contributed by atoms with E-state index in [0.717, 1.165) is 18.1 Å². The Morgan fingerprint density at radius 1 is 1.19 bits per heavy atom. The number of hydrogen-bond acceptors (Lipinski definition) is 2. The van der Waals surface area contributed by atoms with Gasteiger partial charge in [0, 0.05) is 6.61 Å². The maximum absolute atomic E-state index is 8.84. The third-order valence-corrected chi connectivity index (χ3v) is 4.49. The maximum atomic E-state index is 8.84. The van der Waals surface area contributed by atoms with Gasteiger partial charge >= 0.3 is 0 Å². The highest BCUT2D eigenvalue weighted by Crippen LogP contribution is 2.37. The molecule has 1 aromatic rings. The summed E-state index contributed by atoms with van der Waals surface area (Å²) in [6.45, 7) is 5.19. The molecule has 0 heterocycles. The van der Waals surface area contributed by atoms with Crippen molar-refractivity contribution in [2.75, 3.05) is 13.2 Å². The highest BCUT2D eigenvalue weighted by atomic mass is 16.5. The molecular formula is C19H25NO. The van der Waals surface area contributed by atoms with Gasteiger partial charge in [-0.3, -0.25) is 0 Å². The Bertz CT molecular complexity index is 463. The van der Waals surface area contributed by atoms with Crippen molar-refractivity contribution >= 4 is 0 Å². The molecule has 0 atom stereocenters. The molecule has 0 aliphatic heterocycles. The van der Waals surface area contributed by atoms with Crippen molar-refractivity contribution < 1.29 is 4.74 Å². The van der Waals surface area contributed by atoms with Crippen LogP contribution in [0.1, 0.15) is 55.6 Å². The zero-order valence-electron chi connectivity index (χ0n) is 12.8. The second-order valence-corrected chi connectivity index (χ2v) is 5.96. The lowest BCUT2D eigenvalue weighted by Gasteiger charge is -2.28. The van der Waals surface area contributed by atoms with E-state index in [4.69, 9.17) is 10.00 Å². The highest BCUT2D eigenvalue weighted by molar-refractivity contribution is 5.33. The van der Waals surface area contributed by atoms with Gasteiger partial charge in [0.05, 0.1) is 18.2 Å². The molecule has 1 saturated carbocycles. The number of benzene rings is 1. The minimum atomic E-state index is 0.672. The van der Waals surface area contributed by atoms with Gasteiger partial charge in [0.25, 0.3) is 0 Å². The number of hydrogen-bond donors (Lipinski definition) is 0. The van der Waals surface area contributed by atoms with Crippen LogP contribution in [0.4, 0.5) is 0 Å². The van der Waals surface area contributed by atoms with Gasteiger partial charge in [0.1, 0.15) is 0 Å². The van der Waals surface area contributed by atoms with Crippen LogP contribution in [0.15, 0.2) is 36.9 Å². The molecule has 1 aliphatic rings. The molecular weight excluding hydrogens is 258 g/mol. The molecule has 0 N–H and O–H groups in total. The summed E-state index contributed by atoms with van der Waals surface area (Å²) in [7, 11) is 0. The Kier molecular flexibility index (Phi) is 6.50. The average molecular weight is 283 g/mol. The summed E-state index contributed by atoms with van der Waals surface area (Å²) in [5.74, 6) is 1.55. The largest absolute Gasteiger partial charge is 0.377 e. The molecule has 1 fully saturated rings. The molecule has 21 heavy (non-hydrogen) atoms. The normalized spacial score (nSPS) is 21.7. The Morgan fingerprint density at radius 3 is 2.52 bits per heavy atom. The maximum Gasteiger partial charge on any atom is 0.0991 e. The summed E-state index contributed by atoms with van der Waals surface area (Å²) in [6, 6.07) is 10.3. The quantitative estimate of drug-likeness (QED) is 0.531. The lowest BCUT2D eigenvalue weighted by atomic mass is 9.77. The van der Waals surface area contributed by atoms with E-state index in [2.05, 4.69) is 24.8 Å². The van der Waals surface area contributed by atoms with Gasteiger partial charge in [-0.2, -0.15) is 5.26 Å². The third kappa shape index (κ3) is 5.02. The molecule has 0 aromatic heterocycles. The smallest absolute Gasteiger partial charge is 0.0991 e. The SMILES string of the molecule is C=CCOCCCC1CCC(c2ccc(C#N)cc2)CC1. The van der Waals surface area contributed by atoms with E-state index in [-0.39, 0.29) is 0 Å². The molecule has 1 aliphatic carbocycles. The van der Waals surface area contributed by atoms with Crippen LogP contribution in [-0.2, 0) is 4.74 Å². The first-order chi connectivity index (χ1) is 10.3. The van der Waals surface area contributed by atoms with Crippen LogP contribution in [0.5, 0.6) is 0 Å². The molecule has 2 heteroatoms. The summed E-state index contributed by atoms with van der Waals surface area (Å²) >= 11 is 0. The zero-order chi connectivity index (χ0) is 14.9. The predicted molar refractivity (Wildman–Crippen MR) is 86.1 cm³/mol. The molecule has 0 saturated heterocycles. The van der Waals surface area contributed by atoms with Crippen molar-refractivity contribution in [1.29, 1.82) is 5.26 Å². The fraction of sp³-hybridized carbons (Fsp3) is 0.526. The monoisotopic (exact) mass is 283 g/mol. The van der Waals surface area contributed by atoms with E-state index in [0.29, 0.717) is 12.5 Å². The second-order valence-electron chi connectivity index (χ2n) is 5.96. The van der Waals surface area contributed by atoms with Crippen molar-refractivity contribution in [2.45, 2.75) is 44.4 Å². The van der Waals surface area contributed by atoms with E-state index in [1.165, 1.54) is 44.1 Å². The van der Waals surface area contributed by atoms with Gasteiger partial charge in [-0.25, -0.2) is 0 Å². The average Bonchev–Trinajstić information content (AvgIpc) is 2.55. The fourth-order valence-corrected chi connectivity index (χ4v) is 3.26. The molecule has 1 aromatic carbocycles. The molecule has 0 bridgehead atoms. The highest BCUT2D eigenvalue weighted by Gasteiger charge is 2.21. The van der Waals surface area contributed by atoms with Crippen molar-refractivity contribution in [1.82, 2.24) is 0 Å². The van der Waals surface area contributed by atoms with Gasteiger partial charge in [0.15, 0.2) is 0 Å². The number of rotatable bonds is 7. The molecule has 0 amide bonds. The van der Waals surface area contributed by atoms with Crippen molar-refractivity contribution in [3.63, 3.8) is 0 Å². The van der Waals surface area contributed by atoms with Gasteiger partial charge < -0.3 is 4.74 Å². The van der Waals surface area contributed by atoms with E-state index >= 15 is 0 Å². The Labute approximate surface area is 128 Å². The minimum absolute atomic E-state index is 0.672. The van der Waals surface area contributed by atoms with E-state index in [1.807, 2.05) is 18.2 Å². The van der Waals surface area contributed by atoms with E-state index in [9.17, 15) is 0 Å². The van der Waals surface area contributed by atoms with E-state index < -0.39 is 0 Å². The molecule has 2 nitrogen and oxygen atoms in total. The van der Waals surface area contributed by atoms with Crippen LogP contribution in [0.25, 0.3) is 0 Å². The molecule has 112 valence electrons. The molecule has 2 rings (SSSR count). The van der Waals surface area contributed by atoms with Crippen LogP contribution >= 0.6 is 0 Å². The van der Waals surface area contributed by atoms with Crippen molar-refractivity contribution in [3.8, 4) is 6.07 Å². The van der Waals surface area contributed by atoms with Gasteiger partial charge in [-0.05, 0) is 68.1 Å². The van der Waals surface area contributed by atoms with Gasteiger partial charge in [-0.1, -0.05) is 18.2 Å². The Hall–Kier alpha value is -1.59. The van der Waals surface area contributed by atoms with Crippen LogP contribution in [0, 0.1) is 17.2 Å². The summed E-state index contributed by atoms with van der Waals surface area (Å²) < 4.78 is 5.44. The summed E-state index contributed by atoms with van der Waals surface area (Å²) in [5, 5.41) is 8.84. The summed E-state index contributed by atoms with van der Waals surface area (Å²) in [5.41, 5.74) is 2.16. The minimum Gasteiger partial charge on any atom is -0.377 e. The van der Waals surface area contributed by atoms with Crippen molar-refractivity contribution in [3.05, 3.63) is 48.0 Å². The molecule has 0 radical (unpaired) electrons. The summed E-state index contributed by atoms with van der Waals surface area (Å²) in [6.07, 6.45) is 9.48. The lowest BCUT2D eigenvalue weighted by molar-refractivity contribution is 0.149. The Morgan fingerprint density at radius 2 is 1.90 bits per heavy atom. The molecule has 0 unspecified atom stereocenters. The van der Waals surface area contributed by atoms with Crippen LogP contribution in [0.3, 0.4) is 0 Å².